The third-order valence-corrected chi connectivity index (χ3v) is 13.4. The first-order valence-electron chi connectivity index (χ1n) is 15.0. The van der Waals surface area contributed by atoms with Gasteiger partial charge in [0.1, 0.15) is 12.1 Å². The van der Waals surface area contributed by atoms with E-state index < -0.39 is 44.2 Å². The van der Waals surface area contributed by atoms with Crippen LogP contribution in [0.15, 0.2) is 11.6 Å². The van der Waals surface area contributed by atoms with Crippen molar-refractivity contribution in [1.82, 2.24) is 15.5 Å². The molecule has 3 fully saturated rings. The minimum atomic E-state index is -3.57. The van der Waals surface area contributed by atoms with Gasteiger partial charge >= 0.3 is 12.0 Å². The second-order valence-corrected chi connectivity index (χ2v) is 17.2. The molecule has 9 nitrogen and oxygen atoms in total. The molecule has 3 N–H and O–H groups in total. The van der Waals surface area contributed by atoms with Crippen LogP contribution in [0.1, 0.15) is 93.4 Å². The summed E-state index contributed by atoms with van der Waals surface area (Å²) < 4.78 is 25.9. The number of aliphatic carboxylic acids is 1. The highest BCUT2D eigenvalue weighted by atomic mass is 32.2. The lowest BCUT2D eigenvalue weighted by Crippen LogP contribution is -2.66. The van der Waals surface area contributed by atoms with Crippen LogP contribution in [0.4, 0.5) is 4.79 Å². The highest BCUT2D eigenvalue weighted by Crippen LogP contribution is 2.65. The van der Waals surface area contributed by atoms with Crippen molar-refractivity contribution in [2.75, 3.05) is 12.3 Å². The maximum atomic E-state index is 14.0. The van der Waals surface area contributed by atoms with Crippen LogP contribution in [0.2, 0.25) is 0 Å². The average molecular weight is 580 g/mol. The van der Waals surface area contributed by atoms with E-state index in [4.69, 9.17) is 0 Å². The van der Waals surface area contributed by atoms with Crippen LogP contribution in [-0.2, 0) is 19.4 Å². The number of rotatable bonds is 7. The minimum absolute atomic E-state index is 0.0773. The number of fused-ring (bicyclic) bond motifs is 1. The van der Waals surface area contributed by atoms with Gasteiger partial charge in [0.25, 0.3) is 0 Å². The Morgan fingerprint density at radius 1 is 1.10 bits per heavy atom. The molecule has 226 valence electrons. The Morgan fingerprint density at radius 3 is 2.25 bits per heavy atom. The summed E-state index contributed by atoms with van der Waals surface area (Å²) in [5.41, 5.74) is -0.301. The Balaban J connectivity index is 1.62. The second-order valence-electron chi connectivity index (χ2n) is 14.4. The fourth-order valence-corrected chi connectivity index (χ4v) is 9.31. The summed E-state index contributed by atoms with van der Waals surface area (Å²) in [6.07, 6.45) is 7.88. The Kier molecular flexibility index (Phi) is 8.19. The third kappa shape index (κ3) is 5.41. The third-order valence-electron chi connectivity index (χ3n) is 10.7. The van der Waals surface area contributed by atoms with Crippen molar-refractivity contribution in [3.8, 4) is 0 Å². The molecule has 10 heteroatoms. The zero-order valence-corrected chi connectivity index (χ0v) is 26.1. The molecule has 0 unspecified atom stereocenters. The number of sulfone groups is 1. The number of hydrogen-bond acceptors (Lipinski definition) is 5. The molecule has 1 aliphatic heterocycles. The fourth-order valence-electron chi connectivity index (χ4n) is 7.61. The van der Waals surface area contributed by atoms with E-state index in [1.165, 1.54) is 4.90 Å². The number of likely N-dealkylation sites (tertiary alicyclic amines) is 1. The van der Waals surface area contributed by atoms with E-state index in [9.17, 15) is 27.9 Å². The van der Waals surface area contributed by atoms with Crippen LogP contribution in [0.3, 0.4) is 0 Å². The normalized spacial score (nSPS) is 34.3. The lowest BCUT2D eigenvalue weighted by atomic mass is 9.68. The van der Waals surface area contributed by atoms with Gasteiger partial charge in [-0.1, -0.05) is 40.2 Å². The molecule has 0 spiro atoms. The van der Waals surface area contributed by atoms with E-state index in [-0.39, 0.29) is 40.7 Å². The van der Waals surface area contributed by atoms with Crippen molar-refractivity contribution in [3.05, 3.63) is 11.6 Å². The van der Waals surface area contributed by atoms with Crippen LogP contribution >= 0.6 is 0 Å². The number of urea groups is 1. The number of carbonyl (C=O) groups is 3. The quantitative estimate of drug-likeness (QED) is 0.389. The first kappa shape index (κ1) is 30.8. The molecule has 0 aromatic rings. The van der Waals surface area contributed by atoms with Gasteiger partial charge in [-0.05, 0) is 88.0 Å². The maximum Gasteiger partial charge on any atom is 0.326 e. The predicted molar refractivity (Wildman–Crippen MR) is 154 cm³/mol. The van der Waals surface area contributed by atoms with Crippen molar-refractivity contribution in [2.24, 2.45) is 29.1 Å². The summed E-state index contributed by atoms with van der Waals surface area (Å²) >= 11 is 0. The molecule has 0 aromatic carbocycles. The van der Waals surface area contributed by atoms with Gasteiger partial charge in [-0.25, -0.2) is 18.0 Å². The number of allylic oxidation sites excluding steroid dienone is 1. The fraction of sp³-hybridized carbons (Fsp3) is 0.833. The van der Waals surface area contributed by atoms with Gasteiger partial charge in [0.05, 0.1) is 16.0 Å². The van der Waals surface area contributed by atoms with Crippen molar-refractivity contribution in [2.45, 2.75) is 116 Å². The van der Waals surface area contributed by atoms with E-state index in [1.807, 2.05) is 33.8 Å². The first-order valence-corrected chi connectivity index (χ1v) is 16.6. The summed E-state index contributed by atoms with van der Waals surface area (Å²) in [7, 11) is -3.57. The highest BCUT2D eigenvalue weighted by molar-refractivity contribution is 7.92. The van der Waals surface area contributed by atoms with Gasteiger partial charge in [-0.3, -0.25) is 4.79 Å². The number of nitrogens with zero attached hydrogens (tertiary/aromatic N) is 1. The van der Waals surface area contributed by atoms with Crippen molar-refractivity contribution >= 4 is 27.7 Å². The van der Waals surface area contributed by atoms with Gasteiger partial charge < -0.3 is 20.6 Å². The minimum Gasteiger partial charge on any atom is -0.480 e. The van der Waals surface area contributed by atoms with E-state index in [1.54, 1.807) is 20.8 Å². The largest absolute Gasteiger partial charge is 0.480 e. The van der Waals surface area contributed by atoms with E-state index in [0.717, 1.165) is 44.1 Å². The maximum absolute atomic E-state index is 14.0. The summed E-state index contributed by atoms with van der Waals surface area (Å²) in [5, 5.41) is 16.1. The number of piperidine rings is 1. The van der Waals surface area contributed by atoms with Gasteiger partial charge in [0, 0.05) is 12.5 Å². The van der Waals surface area contributed by atoms with Crippen molar-refractivity contribution in [1.29, 1.82) is 0 Å². The molecule has 1 saturated heterocycles. The molecule has 3 aliphatic carbocycles. The van der Waals surface area contributed by atoms with E-state index in [2.05, 4.69) is 10.6 Å². The van der Waals surface area contributed by atoms with Crippen LogP contribution in [0, 0.1) is 29.1 Å². The molecule has 7 atom stereocenters. The van der Waals surface area contributed by atoms with E-state index in [0.29, 0.717) is 13.0 Å². The number of carbonyl (C=O) groups excluding carboxylic acids is 2. The van der Waals surface area contributed by atoms with Crippen LogP contribution in [0.25, 0.3) is 0 Å². The predicted octanol–water partition coefficient (Wildman–Crippen LogP) is 4.13. The molecule has 0 radical (unpaired) electrons. The smallest absolute Gasteiger partial charge is 0.326 e. The molecule has 1 heterocycles. The lowest BCUT2D eigenvalue weighted by Gasteiger charge is -2.48. The lowest BCUT2D eigenvalue weighted by molar-refractivity contribution is -0.150. The number of carboxylic acids is 1. The standard InChI is InChI=1S/C30H49N3O6S/c1-18-12-11-13-19(2)30(18,17-40(38,39)28(3,4)5)32-27(37)31-23(20-14-9-8-10-15-20)25(34)33-16-21-22(29(21,6)7)24(33)26(35)36/h14,18-19,21-24H,8-13,15-17H2,1-7H3,(H,35,36)(H2,31,32,37)/t18-,19+,21-,22-,23-,24-,30+/m0/s1. The van der Waals surface area contributed by atoms with Crippen LogP contribution in [-0.4, -0.2) is 71.0 Å². The summed E-state index contributed by atoms with van der Waals surface area (Å²) in [4.78, 5) is 41.5. The van der Waals surface area contributed by atoms with Gasteiger partial charge in [0.15, 0.2) is 9.84 Å². The van der Waals surface area contributed by atoms with Gasteiger partial charge in [-0.15, -0.1) is 0 Å². The Bertz CT molecular complexity index is 1160. The van der Waals surface area contributed by atoms with Gasteiger partial charge in [-0.2, -0.15) is 0 Å². The molecule has 2 saturated carbocycles. The zero-order chi connectivity index (χ0) is 29.8. The van der Waals surface area contributed by atoms with Crippen LogP contribution < -0.4 is 10.6 Å². The molecule has 0 bridgehead atoms. The number of carboxylic acid groups (broad SMARTS) is 1. The monoisotopic (exact) mass is 579 g/mol. The van der Waals surface area contributed by atoms with Crippen LogP contribution in [0.5, 0.6) is 0 Å². The molecule has 4 rings (SSSR count). The molecule has 0 aromatic heterocycles. The summed E-state index contributed by atoms with van der Waals surface area (Å²) in [5.74, 6) is -1.70. The SMILES string of the molecule is C[C@@H]1CCC[C@H](C)[C@@]1(CS(=O)(=O)C(C)(C)C)NC(=O)N[C@H](C(=O)N1C[C@H]2[C@@H]([C@H]1C(=O)O)C2(C)C)C1=CCCCC1. The number of amides is 3. The number of hydrogen-bond donors (Lipinski definition) is 3. The average Bonchev–Trinajstić information content (AvgIpc) is 3.18. The van der Waals surface area contributed by atoms with Crippen molar-refractivity contribution < 1.29 is 27.9 Å². The van der Waals surface area contributed by atoms with Crippen molar-refractivity contribution in [3.63, 3.8) is 0 Å². The first-order chi connectivity index (χ1) is 18.4. The second kappa shape index (κ2) is 10.6. The highest BCUT2D eigenvalue weighted by Gasteiger charge is 2.70. The molecular formula is C30H49N3O6S. The topological polar surface area (TPSA) is 133 Å². The Morgan fingerprint density at radius 2 is 1.73 bits per heavy atom. The molecule has 3 amide bonds. The Labute approximate surface area is 239 Å². The summed E-state index contributed by atoms with van der Waals surface area (Å²) in [6, 6.07) is -2.47. The molecule has 4 aliphatic rings. The summed E-state index contributed by atoms with van der Waals surface area (Å²) in [6.45, 7) is 13.5. The number of nitrogens with one attached hydrogen (secondary N) is 2. The zero-order valence-electron chi connectivity index (χ0n) is 25.2. The molecular weight excluding hydrogens is 530 g/mol. The van der Waals surface area contributed by atoms with E-state index >= 15 is 0 Å². The molecule has 40 heavy (non-hydrogen) atoms. The van der Waals surface area contributed by atoms with Gasteiger partial charge in [0.2, 0.25) is 5.91 Å². The Hall–Kier alpha value is -2.10.